The van der Waals surface area contributed by atoms with Crippen LogP contribution in [-0.4, -0.2) is 15.3 Å². The van der Waals surface area contributed by atoms with E-state index in [0.29, 0.717) is 4.32 Å². The molecule has 0 unspecified atom stereocenters. The van der Waals surface area contributed by atoms with Crippen LogP contribution in [0.5, 0.6) is 0 Å². The van der Waals surface area contributed by atoms with Crippen molar-refractivity contribution < 1.29 is 0 Å². The van der Waals surface area contributed by atoms with Gasteiger partial charge >= 0.3 is 0 Å². The Labute approximate surface area is 221 Å². The molecular weight excluding hydrogens is 529 g/mol. The molecule has 0 bridgehead atoms. The zero-order chi connectivity index (χ0) is 22.7. The van der Waals surface area contributed by atoms with E-state index in [2.05, 4.69) is 40.5 Å². The summed E-state index contributed by atoms with van der Waals surface area (Å²) >= 11 is 11.5. The van der Waals surface area contributed by atoms with E-state index >= 15 is 0 Å². The topological polar surface area (TPSA) is 12.0 Å². The highest BCUT2D eigenvalue weighted by molar-refractivity contribution is 14.1. The molecule has 186 valence electrons. The van der Waals surface area contributed by atoms with Crippen LogP contribution in [0.15, 0.2) is 0 Å². The van der Waals surface area contributed by atoms with E-state index in [1.165, 1.54) is 159 Å². The van der Waals surface area contributed by atoms with Gasteiger partial charge in [-0.3, -0.25) is 0 Å². The predicted octanol–water partition coefficient (Wildman–Crippen LogP) is 10.6. The first-order valence-corrected chi connectivity index (χ1v) is 16.2. The van der Waals surface area contributed by atoms with E-state index in [-0.39, 0.29) is 0 Å². The number of alkyl halides is 1. The maximum Gasteiger partial charge on any atom is 0.130 e. The number of unbranched alkanes of at least 4 members (excludes halogenated alkanes) is 23. The minimum Gasteiger partial charge on any atom is -0.371 e. The fraction of sp³-hybridized carbons (Fsp3) is 0.963. The van der Waals surface area contributed by atoms with E-state index < -0.39 is 0 Å². The SMILES string of the molecule is S=C(S)NCCCCCCCCCCCCCCCCCCCCCCCCCCI. The fourth-order valence-electron chi connectivity index (χ4n) is 4.30. The van der Waals surface area contributed by atoms with Crippen molar-refractivity contribution in [2.75, 3.05) is 11.0 Å². The summed E-state index contributed by atoms with van der Waals surface area (Å²) in [5.74, 6) is 0. The normalized spacial score (nSPS) is 11.2. The molecule has 0 spiro atoms. The van der Waals surface area contributed by atoms with Gasteiger partial charge in [-0.05, 0) is 17.3 Å². The van der Waals surface area contributed by atoms with Crippen molar-refractivity contribution in [3.63, 3.8) is 0 Å². The first kappa shape index (κ1) is 32.0. The summed E-state index contributed by atoms with van der Waals surface area (Å²) in [7, 11) is 0. The van der Waals surface area contributed by atoms with Gasteiger partial charge in [0.25, 0.3) is 0 Å². The molecule has 0 aliphatic heterocycles. The van der Waals surface area contributed by atoms with Crippen LogP contribution < -0.4 is 5.32 Å². The van der Waals surface area contributed by atoms with E-state index in [1.54, 1.807) is 0 Å². The largest absolute Gasteiger partial charge is 0.371 e. The Kier molecular flexibility index (Phi) is 29.9. The molecular formula is C27H54INS2. The summed E-state index contributed by atoms with van der Waals surface area (Å²) in [5, 5.41) is 3.11. The van der Waals surface area contributed by atoms with Gasteiger partial charge in [-0.1, -0.05) is 176 Å². The summed E-state index contributed by atoms with van der Waals surface area (Å²) < 4.78 is 1.97. The highest BCUT2D eigenvalue weighted by Gasteiger charge is 1.96. The van der Waals surface area contributed by atoms with Crippen LogP contribution in [0.2, 0.25) is 0 Å². The average molecular weight is 584 g/mol. The molecule has 0 aliphatic carbocycles. The molecule has 0 heterocycles. The molecule has 0 fully saturated rings. The maximum absolute atomic E-state index is 4.89. The number of halogens is 1. The third-order valence-electron chi connectivity index (χ3n) is 6.34. The highest BCUT2D eigenvalue weighted by atomic mass is 127. The minimum absolute atomic E-state index is 0.629. The number of thiocarbonyl (C=S) groups is 1. The number of hydrogen-bond donors (Lipinski definition) is 2. The van der Waals surface area contributed by atoms with Crippen molar-refractivity contribution in [2.45, 2.75) is 154 Å². The Morgan fingerprint density at radius 2 is 0.677 bits per heavy atom. The summed E-state index contributed by atoms with van der Waals surface area (Å²) in [6.07, 6.45) is 34.7. The molecule has 0 rings (SSSR count). The van der Waals surface area contributed by atoms with Crippen molar-refractivity contribution in [3.05, 3.63) is 0 Å². The quantitative estimate of drug-likeness (QED) is 0.0345. The van der Waals surface area contributed by atoms with E-state index in [0.717, 1.165) is 6.54 Å². The molecule has 4 heteroatoms. The second-order valence-electron chi connectivity index (χ2n) is 9.41. The van der Waals surface area contributed by atoms with Crippen LogP contribution >= 0.6 is 47.4 Å². The average Bonchev–Trinajstić information content (AvgIpc) is 2.76. The van der Waals surface area contributed by atoms with Gasteiger partial charge in [-0.25, -0.2) is 0 Å². The number of hydrogen-bond acceptors (Lipinski definition) is 1. The highest BCUT2D eigenvalue weighted by Crippen LogP contribution is 2.15. The summed E-state index contributed by atoms with van der Waals surface area (Å²) in [5.41, 5.74) is 0. The van der Waals surface area contributed by atoms with E-state index in [4.69, 9.17) is 12.2 Å². The van der Waals surface area contributed by atoms with Gasteiger partial charge in [0.1, 0.15) is 4.32 Å². The monoisotopic (exact) mass is 583 g/mol. The first-order valence-electron chi connectivity index (χ1n) is 13.8. The molecule has 0 saturated carbocycles. The number of nitrogens with one attached hydrogen (secondary N) is 1. The molecule has 0 aliphatic rings. The van der Waals surface area contributed by atoms with Crippen molar-refractivity contribution >= 4 is 51.8 Å². The van der Waals surface area contributed by atoms with Crippen molar-refractivity contribution in [2.24, 2.45) is 0 Å². The standard InChI is InChI=1S/C27H54INS2/c28-25-23-21-19-17-15-13-11-9-7-5-3-1-2-4-6-8-10-12-14-16-18-20-22-24-26-29-27(30)31/h1-26H2,(H2,29,30,31). The molecule has 0 amide bonds. The number of rotatable bonds is 26. The molecule has 0 aromatic heterocycles. The molecule has 0 aromatic carbocycles. The molecule has 0 aromatic rings. The maximum atomic E-state index is 4.89. The van der Waals surface area contributed by atoms with Gasteiger partial charge in [-0.2, -0.15) is 0 Å². The zero-order valence-electron chi connectivity index (χ0n) is 20.6. The van der Waals surface area contributed by atoms with Crippen LogP contribution in [0.25, 0.3) is 0 Å². The Morgan fingerprint density at radius 3 is 0.903 bits per heavy atom. The van der Waals surface area contributed by atoms with Crippen LogP contribution in [0.1, 0.15) is 154 Å². The zero-order valence-corrected chi connectivity index (χ0v) is 24.5. The lowest BCUT2D eigenvalue weighted by atomic mass is 10.0. The van der Waals surface area contributed by atoms with Crippen LogP contribution in [-0.2, 0) is 0 Å². The molecule has 0 saturated heterocycles. The van der Waals surface area contributed by atoms with E-state index in [1.807, 2.05) is 0 Å². The summed E-state index contributed by atoms with van der Waals surface area (Å²) in [6.45, 7) is 0.988. The smallest absolute Gasteiger partial charge is 0.130 e. The summed E-state index contributed by atoms with van der Waals surface area (Å²) in [6, 6.07) is 0. The Balaban J connectivity index is 3.00. The third kappa shape index (κ3) is 31.0. The van der Waals surface area contributed by atoms with Gasteiger partial charge in [0.2, 0.25) is 0 Å². The van der Waals surface area contributed by atoms with Gasteiger partial charge in [-0.15, -0.1) is 12.6 Å². The molecule has 1 N–H and O–H groups in total. The minimum atomic E-state index is 0.629. The number of thiol groups is 1. The van der Waals surface area contributed by atoms with Gasteiger partial charge < -0.3 is 5.32 Å². The molecule has 0 atom stereocenters. The Morgan fingerprint density at radius 1 is 0.452 bits per heavy atom. The van der Waals surface area contributed by atoms with Crippen LogP contribution in [0.3, 0.4) is 0 Å². The van der Waals surface area contributed by atoms with Crippen molar-refractivity contribution in [3.8, 4) is 0 Å². The van der Waals surface area contributed by atoms with Crippen LogP contribution in [0.4, 0.5) is 0 Å². The summed E-state index contributed by atoms with van der Waals surface area (Å²) in [4.78, 5) is 0. The lowest BCUT2D eigenvalue weighted by molar-refractivity contribution is 0.517. The Hall–Kier alpha value is 0.970. The van der Waals surface area contributed by atoms with Gasteiger partial charge in [0.05, 0.1) is 0 Å². The first-order chi connectivity index (χ1) is 15.3. The lowest BCUT2D eigenvalue weighted by Gasteiger charge is -2.05. The Bertz CT molecular complexity index is 352. The van der Waals surface area contributed by atoms with Crippen molar-refractivity contribution in [1.82, 2.24) is 5.32 Å². The second kappa shape index (κ2) is 29.0. The molecule has 0 radical (unpaired) electrons. The van der Waals surface area contributed by atoms with Gasteiger partial charge in [0.15, 0.2) is 0 Å². The predicted molar refractivity (Wildman–Crippen MR) is 159 cm³/mol. The second-order valence-corrected chi connectivity index (χ2v) is 11.6. The third-order valence-corrected chi connectivity index (χ3v) is 7.40. The molecule has 31 heavy (non-hydrogen) atoms. The van der Waals surface area contributed by atoms with Crippen LogP contribution in [0, 0.1) is 0 Å². The van der Waals surface area contributed by atoms with E-state index in [9.17, 15) is 0 Å². The molecule has 1 nitrogen and oxygen atoms in total. The fourth-order valence-corrected chi connectivity index (χ4v) is 5.06. The van der Waals surface area contributed by atoms with Crippen molar-refractivity contribution in [1.29, 1.82) is 0 Å². The van der Waals surface area contributed by atoms with Gasteiger partial charge in [0, 0.05) is 6.54 Å². The lowest BCUT2D eigenvalue weighted by Crippen LogP contribution is -2.17.